The highest BCUT2D eigenvalue weighted by atomic mass is 35.5. The molecular formula is C14H14ClF3N4O4. The fraction of sp³-hybridized carbons (Fsp3) is 0.286. The Morgan fingerprint density at radius 3 is 2.35 bits per heavy atom. The van der Waals surface area contributed by atoms with Crippen LogP contribution in [0.4, 0.5) is 13.2 Å². The maximum Gasteiger partial charge on any atom is 0.433 e. The van der Waals surface area contributed by atoms with Gasteiger partial charge >= 0.3 is 11.9 Å². The van der Waals surface area contributed by atoms with E-state index in [0.29, 0.717) is 10.1 Å². The van der Waals surface area contributed by atoms with Crippen LogP contribution in [0.25, 0.3) is 5.69 Å². The van der Waals surface area contributed by atoms with Gasteiger partial charge < -0.3 is 5.84 Å². The molecule has 0 aliphatic rings. The number of hydrogen-bond acceptors (Lipinski definition) is 6. The number of benzene rings is 1. The second kappa shape index (κ2) is 7.50. The van der Waals surface area contributed by atoms with Crippen LogP contribution in [-0.4, -0.2) is 28.7 Å². The molecule has 0 amide bonds. The number of hydroxylamine groups is 2. The molecule has 0 unspecified atom stereocenters. The first-order valence-corrected chi connectivity index (χ1v) is 7.34. The molecule has 2 aromatic rings. The average Bonchev–Trinajstić information content (AvgIpc) is 2.57. The smallest absolute Gasteiger partial charge is 0.335 e. The number of rotatable bonds is 5. The number of nitrogen functional groups attached to an aromatic ring is 1. The first-order valence-electron chi connectivity index (χ1n) is 6.96. The van der Waals surface area contributed by atoms with E-state index < -0.39 is 23.1 Å². The van der Waals surface area contributed by atoms with Crippen LogP contribution in [0.3, 0.4) is 0 Å². The molecular weight excluding hydrogens is 381 g/mol. The first-order chi connectivity index (χ1) is 12.1. The van der Waals surface area contributed by atoms with Crippen molar-refractivity contribution in [1.82, 2.24) is 14.5 Å². The maximum absolute atomic E-state index is 12.8. The lowest BCUT2D eigenvalue weighted by molar-refractivity contribution is -0.349. The lowest BCUT2D eigenvalue weighted by Gasteiger charge is -2.18. The van der Waals surface area contributed by atoms with Crippen LogP contribution in [0.5, 0.6) is 0 Å². The highest BCUT2D eigenvalue weighted by Crippen LogP contribution is 2.26. The van der Waals surface area contributed by atoms with Gasteiger partial charge in [0, 0.05) is 11.1 Å². The van der Waals surface area contributed by atoms with Crippen molar-refractivity contribution in [3.8, 4) is 5.69 Å². The van der Waals surface area contributed by atoms with Gasteiger partial charge in [0.2, 0.25) is 0 Å². The van der Waals surface area contributed by atoms with Crippen LogP contribution < -0.4 is 17.1 Å². The zero-order valence-corrected chi connectivity index (χ0v) is 14.3. The molecule has 0 radical (unpaired) electrons. The van der Waals surface area contributed by atoms with E-state index in [1.165, 1.54) is 32.4 Å². The second-order valence-corrected chi connectivity index (χ2v) is 5.39. The summed E-state index contributed by atoms with van der Waals surface area (Å²) in [6.45, 7) is 0.0197. The van der Waals surface area contributed by atoms with E-state index in [-0.39, 0.29) is 28.0 Å². The van der Waals surface area contributed by atoms with Gasteiger partial charge in [-0.3, -0.25) is 14.5 Å². The van der Waals surface area contributed by atoms with E-state index in [2.05, 4.69) is 0 Å². The molecule has 0 aliphatic heterocycles. The van der Waals surface area contributed by atoms with Crippen LogP contribution in [0, 0.1) is 0 Å². The number of aromatic nitrogens is 2. The molecule has 8 nitrogen and oxygen atoms in total. The minimum absolute atomic E-state index is 0.0144. The molecule has 0 atom stereocenters. The summed E-state index contributed by atoms with van der Waals surface area (Å²) in [5, 5.41) is 1.32. The number of nitrogens with zero attached hydrogens (tertiary/aromatic N) is 3. The van der Waals surface area contributed by atoms with E-state index in [4.69, 9.17) is 27.1 Å². The van der Waals surface area contributed by atoms with Crippen molar-refractivity contribution < 1.29 is 22.8 Å². The van der Waals surface area contributed by atoms with E-state index in [1.807, 2.05) is 0 Å². The van der Waals surface area contributed by atoms with Gasteiger partial charge in [-0.05, 0) is 23.8 Å². The van der Waals surface area contributed by atoms with E-state index in [1.54, 1.807) is 0 Å². The molecule has 0 spiro atoms. The summed E-state index contributed by atoms with van der Waals surface area (Å²) in [4.78, 5) is 34.1. The van der Waals surface area contributed by atoms with E-state index in [0.717, 1.165) is 5.23 Å². The Labute approximate surface area is 149 Å². The summed E-state index contributed by atoms with van der Waals surface area (Å²) < 4.78 is 38.9. The molecule has 12 heteroatoms. The van der Waals surface area contributed by atoms with Crippen molar-refractivity contribution in [2.75, 3.05) is 20.1 Å². The standard InChI is InChI=1S/C14H14ClF3N4O4/c1-25-20(26-2)7-8-5-9(3-4-10(8)15)21-12(23)6-11(14(16,17)18)22(19)13(21)24/h3-6H,7,19H2,1-2H3. The van der Waals surface area contributed by atoms with Gasteiger partial charge in [0.05, 0.1) is 26.5 Å². The largest absolute Gasteiger partial charge is 0.433 e. The minimum atomic E-state index is -4.95. The summed E-state index contributed by atoms with van der Waals surface area (Å²) in [7, 11) is 2.68. The Morgan fingerprint density at radius 1 is 1.19 bits per heavy atom. The fourth-order valence-corrected chi connectivity index (χ4v) is 2.35. The van der Waals surface area contributed by atoms with Crippen LogP contribution in [0.2, 0.25) is 5.02 Å². The van der Waals surface area contributed by atoms with Gasteiger partial charge in [-0.15, -0.1) is 0 Å². The number of halogens is 4. The fourth-order valence-electron chi connectivity index (χ4n) is 2.18. The summed E-state index contributed by atoms with van der Waals surface area (Å²) in [5.41, 5.74) is -3.72. The summed E-state index contributed by atoms with van der Waals surface area (Å²) in [6.07, 6.45) is -4.95. The Balaban J connectivity index is 2.61. The summed E-state index contributed by atoms with van der Waals surface area (Å²) in [6, 6.07) is 4.25. The third kappa shape index (κ3) is 3.90. The average molecular weight is 395 g/mol. The Kier molecular flexibility index (Phi) is 5.76. The quantitative estimate of drug-likeness (QED) is 0.607. The van der Waals surface area contributed by atoms with Gasteiger partial charge in [-0.1, -0.05) is 16.8 Å². The molecule has 0 fully saturated rings. The zero-order valence-electron chi connectivity index (χ0n) is 13.6. The van der Waals surface area contributed by atoms with Gasteiger partial charge in [-0.2, -0.15) is 13.2 Å². The van der Waals surface area contributed by atoms with Gasteiger partial charge in [0.15, 0.2) is 5.69 Å². The van der Waals surface area contributed by atoms with Crippen LogP contribution in [-0.2, 0) is 22.4 Å². The van der Waals surface area contributed by atoms with Gasteiger partial charge in [0.25, 0.3) is 5.56 Å². The van der Waals surface area contributed by atoms with Crippen molar-refractivity contribution in [3.05, 3.63) is 61.4 Å². The number of alkyl halides is 3. The molecule has 142 valence electrons. The zero-order chi connectivity index (χ0) is 19.6. The molecule has 0 saturated heterocycles. The Bertz CT molecular complexity index is 922. The van der Waals surface area contributed by atoms with E-state index in [9.17, 15) is 22.8 Å². The predicted octanol–water partition coefficient (Wildman–Crippen LogP) is 1.31. The van der Waals surface area contributed by atoms with Gasteiger partial charge in [-0.25, -0.2) is 14.0 Å². The molecule has 1 heterocycles. The molecule has 2 rings (SSSR count). The minimum Gasteiger partial charge on any atom is -0.335 e. The number of hydrogen-bond donors (Lipinski definition) is 1. The Morgan fingerprint density at radius 2 is 1.81 bits per heavy atom. The Hall–Kier alpha value is -2.34. The van der Waals surface area contributed by atoms with Crippen LogP contribution in [0.15, 0.2) is 33.9 Å². The van der Waals surface area contributed by atoms with Crippen molar-refractivity contribution in [1.29, 1.82) is 0 Å². The maximum atomic E-state index is 12.8. The summed E-state index contributed by atoms with van der Waals surface area (Å²) in [5.74, 6) is 5.22. The molecule has 26 heavy (non-hydrogen) atoms. The highest BCUT2D eigenvalue weighted by molar-refractivity contribution is 6.31. The second-order valence-electron chi connectivity index (χ2n) is 4.99. The topological polar surface area (TPSA) is 91.7 Å². The lowest BCUT2D eigenvalue weighted by Crippen LogP contribution is -2.45. The molecule has 2 N–H and O–H groups in total. The highest BCUT2D eigenvalue weighted by Gasteiger charge is 2.35. The predicted molar refractivity (Wildman–Crippen MR) is 86.0 cm³/mol. The van der Waals surface area contributed by atoms with Crippen molar-refractivity contribution in [2.24, 2.45) is 0 Å². The first kappa shape index (κ1) is 20.0. The van der Waals surface area contributed by atoms with Gasteiger partial charge in [0.1, 0.15) is 0 Å². The van der Waals surface area contributed by atoms with Crippen molar-refractivity contribution >= 4 is 11.6 Å². The SMILES string of the molecule is CON(Cc1cc(-n2c(=O)cc(C(F)(F)F)n(N)c2=O)ccc1Cl)OC. The molecule has 1 aromatic carbocycles. The molecule has 0 saturated carbocycles. The molecule has 0 aliphatic carbocycles. The third-order valence-corrected chi connectivity index (χ3v) is 3.79. The monoisotopic (exact) mass is 394 g/mol. The number of nitrogens with two attached hydrogens (primary N) is 1. The normalized spacial score (nSPS) is 12.0. The lowest BCUT2D eigenvalue weighted by atomic mass is 10.2. The van der Waals surface area contributed by atoms with Crippen LogP contribution >= 0.6 is 11.6 Å². The van der Waals surface area contributed by atoms with Crippen molar-refractivity contribution in [2.45, 2.75) is 12.7 Å². The third-order valence-electron chi connectivity index (χ3n) is 3.42. The van der Waals surface area contributed by atoms with Crippen molar-refractivity contribution in [3.63, 3.8) is 0 Å². The molecule has 0 bridgehead atoms. The van der Waals surface area contributed by atoms with Crippen LogP contribution in [0.1, 0.15) is 11.3 Å². The summed E-state index contributed by atoms with van der Waals surface area (Å²) >= 11 is 6.06. The molecule has 1 aromatic heterocycles. The van der Waals surface area contributed by atoms with E-state index >= 15 is 0 Å².